The topological polar surface area (TPSA) is 82.1 Å². The predicted octanol–water partition coefficient (Wildman–Crippen LogP) is 4.53. The van der Waals surface area contributed by atoms with Gasteiger partial charge >= 0.3 is 11.9 Å². The highest BCUT2D eigenvalue weighted by Crippen LogP contribution is 2.38. The lowest BCUT2D eigenvalue weighted by Gasteiger charge is -2.25. The molecule has 176 valence electrons. The molecule has 0 fully saturated rings. The second-order valence-electron chi connectivity index (χ2n) is 9.77. The van der Waals surface area contributed by atoms with E-state index in [1.807, 2.05) is 30.3 Å². The summed E-state index contributed by atoms with van der Waals surface area (Å²) < 4.78 is 16.9. The summed E-state index contributed by atoms with van der Waals surface area (Å²) in [6.07, 6.45) is -1.29. The molecular weight excluding hydrogens is 422 g/mol. The first-order chi connectivity index (χ1) is 15.3. The van der Waals surface area contributed by atoms with E-state index in [0.717, 1.165) is 10.8 Å². The van der Waals surface area contributed by atoms with Gasteiger partial charge in [0, 0.05) is 12.0 Å². The molecule has 2 aromatic rings. The highest BCUT2D eigenvalue weighted by atomic mass is 16.6. The van der Waals surface area contributed by atoms with Crippen LogP contribution in [0.2, 0.25) is 0 Å². The number of nitrogens with zero attached hydrogens (tertiary/aromatic N) is 1. The minimum atomic E-state index is -1.29. The SMILES string of the molecule is CCOC1C(=O)N(c2cccc3ccccc23)C(C(=O)OC(C)(C)C)=C1C(=O)OC(C)(C)C. The third-order valence-electron chi connectivity index (χ3n) is 4.74. The Balaban J connectivity index is 2.28. The molecule has 0 radical (unpaired) electrons. The van der Waals surface area contributed by atoms with E-state index in [-0.39, 0.29) is 17.9 Å². The Morgan fingerprint density at radius 2 is 1.45 bits per heavy atom. The van der Waals surface area contributed by atoms with Crippen LogP contribution in [0.25, 0.3) is 10.8 Å². The van der Waals surface area contributed by atoms with E-state index in [1.165, 1.54) is 4.90 Å². The number of fused-ring (bicyclic) bond motifs is 1. The molecule has 0 bridgehead atoms. The number of carbonyl (C=O) groups excluding carboxylic acids is 3. The Morgan fingerprint density at radius 1 is 0.879 bits per heavy atom. The smallest absolute Gasteiger partial charge is 0.356 e. The van der Waals surface area contributed by atoms with E-state index in [1.54, 1.807) is 60.6 Å². The lowest BCUT2D eigenvalue weighted by molar-refractivity contribution is -0.154. The number of hydrogen-bond donors (Lipinski definition) is 0. The van der Waals surface area contributed by atoms with Crippen LogP contribution >= 0.6 is 0 Å². The van der Waals surface area contributed by atoms with Crippen LogP contribution in [0.15, 0.2) is 53.7 Å². The molecule has 1 aliphatic rings. The van der Waals surface area contributed by atoms with Crippen LogP contribution in [0.5, 0.6) is 0 Å². The Labute approximate surface area is 194 Å². The van der Waals surface area contributed by atoms with Crippen LogP contribution in [0, 0.1) is 0 Å². The van der Waals surface area contributed by atoms with Gasteiger partial charge in [0.15, 0.2) is 6.10 Å². The predicted molar refractivity (Wildman–Crippen MR) is 126 cm³/mol. The summed E-state index contributed by atoms with van der Waals surface area (Å²) in [5.74, 6) is -2.14. The first kappa shape index (κ1) is 24.5. The van der Waals surface area contributed by atoms with E-state index >= 15 is 0 Å². The zero-order valence-corrected chi connectivity index (χ0v) is 20.2. The number of esters is 2. The molecule has 0 saturated heterocycles. The second-order valence-corrected chi connectivity index (χ2v) is 9.77. The molecule has 7 nitrogen and oxygen atoms in total. The van der Waals surface area contributed by atoms with Crippen LogP contribution in [0.4, 0.5) is 5.69 Å². The molecule has 1 atom stereocenters. The third-order valence-corrected chi connectivity index (χ3v) is 4.74. The van der Waals surface area contributed by atoms with Gasteiger partial charge in [-0.15, -0.1) is 0 Å². The number of carbonyl (C=O) groups is 3. The number of rotatable bonds is 5. The van der Waals surface area contributed by atoms with Gasteiger partial charge < -0.3 is 14.2 Å². The molecule has 0 aromatic heterocycles. The largest absolute Gasteiger partial charge is 0.456 e. The molecule has 3 rings (SSSR count). The molecule has 0 N–H and O–H groups in total. The standard InChI is InChI=1S/C26H31NO6/c1-8-31-21-19(23(29)32-25(2,3)4)20(24(30)33-26(5,6)7)27(22(21)28)18-15-11-13-16-12-9-10-14-17(16)18/h9-15,21H,8H2,1-7H3. The van der Waals surface area contributed by atoms with Crippen LogP contribution in [0.1, 0.15) is 48.5 Å². The molecule has 0 saturated carbocycles. The van der Waals surface area contributed by atoms with Gasteiger partial charge in [-0.3, -0.25) is 9.69 Å². The maximum atomic E-state index is 13.6. The average Bonchev–Trinajstić information content (AvgIpc) is 2.98. The Kier molecular flexibility index (Phi) is 6.65. The number of benzene rings is 2. The maximum absolute atomic E-state index is 13.6. The van der Waals surface area contributed by atoms with Gasteiger partial charge in [0.05, 0.1) is 5.69 Å². The van der Waals surface area contributed by atoms with Crippen molar-refractivity contribution in [2.75, 3.05) is 11.5 Å². The summed E-state index contributed by atoms with van der Waals surface area (Å²) in [6.45, 7) is 12.2. The van der Waals surface area contributed by atoms with E-state index in [4.69, 9.17) is 14.2 Å². The van der Waals surface area contributed by atoms with Gasteiger partial charge in [0.25, 0.3) is 5.91 Å². The Bertz CT molecular complexity index is 1110. The fourth-order valence-corrected chi connectivity index (χ4v) is 3.62. The van der Waals surface area contributed by atoms with Gasteiger partial charge in [-0.2, -0.15) is 0 Å². The van der Waals surface area contributed by atoms with Crippen molar-refractivity contribution in [2.45, 2.75) is 65.8 Å². The van der Waals surface area contributed by atoms with Crippen molar-refractivity contribution in [1.29, 1.82) is 0 Å². The van der Waals surface area contributed by atoms with Crippen molar-refractivity contribution in [3.63, 3.8) is 0 Å². The summed E-state index contributed by atoms with van der Waals surface area (Å²) in [6, 6.07) is 12.9. The molecular formula is C26H31NO6. The highest BCUT2D eigenvalue weighted by molar-refractivity contribution is 6.22. The zero-order chi connectivity index (χ0) is 24.6. The summed E-state index contributed by atoms with van der Waals surface area (Å²) in [4.78, 5) is 41.6. The molecule has 33 heavy (non-hydrogen) atoms. The van der Waals surface area contributed by atoms with E-state index in [2.05, 4.69) is 0 Å². The second kappa shape index (κ2) is 8.98. The highest BCUT2D eigenvalue weighted by Gasteiger charge is 2.49. The molecule has 7 heteroatoms. The van der Waals surface area contributed by atoms with Crippen molar-refractivity contribution in [1.82, 2.24) is 0 Å². The Hall–Kier alpha value is -3.19. The first-order valence-corrected chi connectivity index (χ1v) is 11.0. The number of anilines is 1. The van der Waals surface area contributed by atoms with Crippen molar-refractivity contribution in [2.24, 2.45) is 0 Å². The van der Waals surface area contributed by atoms with E-state index in [0.29, 0.717) is 5.69 Å². The number of hydrogen-bond acceptors (Lipinski definition) is 6. The zero-order valence-electron chi connectivity index (χ0n) is 20.2. The van der Waals surface area contributed by atoms with Crippen LogP contribution in [0.3, 0.4) is 0 Å². The first-order valence-electron chi connectivity index (χ1n) is 11.0. The van der Waals surface area contributed by atoms with Gasteiger partial charge in [0.1, 0.15) is 22.5 Å². The lowest BCUT2D eigenvalue weighted by atomic mass is 10.1. The van der Waals surface area contributed by atoms with Crippen molar-refractivity contribution < 1.29 is 28.6 Å². The summed E-state index contributed by atoms with van der Waals surface area (Å²) in [7, 11) is 0. The van der Waals surface area contributed by atoms with Crippen molar-refractivity contribution in [3.8, 4) is 0 Å². The van der Waals surface area contributed by atoms with Crippen LogP contribution < -0.4 is 4.90 Å². The molecule has 0 spiro atoms. The lowest BCUT2D eigenvalue weighted by Crippen LogP contribution is -2.36. The number of ether oxygens (including phenoxy) is 3. The summed E-state index contributed by atoms with van der Waals surface area (Å²) >= 11 is 0. The van der Waals surface area contributed by atoms with Crippen LogP contribution in [-0.4, -0.2) is 41.8 Å². The third kappa shape index (κ3) is 5.25. The van der Waals surface area contributed by atoms with E-state index < -0.39 is 35.2 Å². The molecule has 1 heterocycles. The van der Waals surface area contributed by atoms with Gasteiger partial charge in [-0.05, 0) is 59.9 Å². The quantitative estimate of drug-likeness (QED) is 0.619. The minimum Gasteiger partial charge on any atom is -0.456 e. The van der Waals surface area contributed by atoms with Crippen LogP contribution in [-0.2, 0) is 28.6 Å². The fourth-order valence-electron chi connectivity index (χ4n) is 3.62. The molecule has 0 aliphatic carbocycles. The van der Waals surface area contributed by atoms with Gasteiger partial charge in [-0.25, -0.2) is 9.59 Å². The fraction of sp³-hybridized carbons (Fsp3) is 0.423. The van der Waals surface area contributed by atoms with Gasteiger partial charge in [-0.1, -0.05) is 36.4 Å². The molecule has 1 aliphatic heterocycles. The molecule has 1 amide bonds. The average molecular weight is 454 g/mol. The summed E-state index contributed by atoms with van der Waals surface area (Å²) in [5, 5.41) is 1.63. The Morgan fingerprint density at radius 3 is 2.06 bits per heavy atom. The maximum Gasteiger partial charge on any atom is 0.356 e. The normalized spacial score (nSPS) is 17.0. The number of amides is 1. The van der Waals surface area contributed by atoms with Crippen molar-refractivity contribution in [3.05, 3.63) is 53.7 Å². The minimum absolute atomic E-state index is 0.154. The monoisotopic (exact) mass is 453 g/mol. The molecule has 1 unspecified atom stereocenters. The summed E-state index contributed by atoms with van der Waals surface area (Å²) in [5.41, 5.74) is -1.56. The van der Waals surface area contributed by atoms with Crippen molar-refractivity contribution >= 4 is 34.3 Å². The van der Waals surface area contributed by atoms with Gasteiger partial charge in [0.2, 0.25) is 0 Å². The molecule has 2 aromatic carbocycles. The van der Waals surface area contributed by atoms with E-state index in [9.17, 15) is 14.4 Å².